The van der Waals surface area contributed by atoms with Gasteiger partial charge in [0.2, 0.25) is 5.95 Å². The van der Waals surface area contributed by atoms with Crippen molar-refractivity contribution in [2.75, 3.05) is 17.7 Å². The fourth-order valence-corrected chi connectivity index (χ4v) is 2.19. The first-order valence-corrected chi connectivity index (χ1v) is 7.25. The largest absolute Gasteiger partial charge is 0.366 e. The predicted molar refractivity (Wildman–Crippen MR) is 83.0 cm³/mol. The molecule has 0 aliphatic carbocycles. The highest BCUT2D eigenvalue weighted by molar-refractivity contribution is 5.83. The second-order valence-electron chi connectivity index (χ2n) is 5.62. The van der Waals surface area contributed by atoms with E-state index in [0.717, 1.165) is 23.7 Å². The van der Waals surface area contributed by atoms with Crippen molar-refractivity contribution < 1.29 is 0 Å². The van der Waals surface area contributed by atoms with Crippen molar-refractivity contribution in [1.82, 2.24) is 19.9 Å². The Hall–Kier alpha value is -1.85. The van der Waals surface area contributed by atoms with E-state index in [0.29, 0.717) is 17.6 Å². The smallest absolute Gasteiger partial charge is 0.226 e. The van der Waals surface area contributed by atoms with Crippen LogP contribution in [0.2, 0.25) is 0 Å². The Morgan fingerprint density at radius 2 is 2.00 bits per heavy atom. The summed E-state index contributed by atoms with van der Waals surface area (Å²) < 4.78 is 0. The molecule has 0 amide bonds. The summed E-state index contributed by atoms with van der Waals surface area (Å²) in [5, 5.41) is 6.42. The number of rotatable bonds is 7. The third kappa shape index (κ3) is 3.59. The van der Waals surface area contributed by atoms with Gasteiger partial charge in [0.1, 0.15) is 5.52 Å². The van der Waals surface area contributed by atoms with Crippen LogP contribution >= 0.6 is 0 Å². The Balaban J connectivity index is 2.06. The van der Waals surface area contributed by atoms with Gasteiger partial charge in [-0.25, -0.2) is 4.98 Å². The van der Waals surface area contributed by atoms with E-state index >= 15 is 0 Å². The number of imidazole rings is 1. The molecule has 0 bridgehead atoms. The summed E-state index contributed by atoms with van der Waals surface area (Å²) in [4.78, 5) is 16.1. The molecule has 2 heterocycles. The van der Waals surface area contributed by atoms with Gasteiger partial charge in [0.05, 0.1) is 6.33 Å². The Kier molecular flexibility index (Phi) is 4.76. The van der Waals surface area contributed by atoms with Crippen LogP contribution < -0.4 is 10.6 Å². The minimum absolute atomic E-state index is 0.375. The van der Waals surface area contributed by atoms with Gasteiger partial charge in [-0.15, -0.1) is 0 Å². The van der Waals surface area contributed by atoms with E-state index in [4.69, 9.17) is 0 Å². The fraction of sp³-hybridized carbons (Fsp3) is 0.643. The first kappa shape index (κ1) is 14.6. The molecule has 2 aromatic heterocycles. The molecule has 0 aliphatic heterocycles. The first-order valence-electron chi connectivity index (χ1n) is 7.25. The predicted octanol–water partition coefficient (Wildman–Crippen LogP) is 3.02. The Labute approximate surface area is 119 Å². The summed E-state index contributed by atoms with van der Waals surface area (Å²) in [6.07, 6.45) is 5.26. The van der Waals surface area contributed by atoms with Crippen LogP contribution in [0.15, 0.2) is 6.33 Å². The zero-order valence-electron chi connectivity index (χ0n) is 12.7. The normalized spacial score (nSPS) is 12.8. The maximum Gasteiger partial charge on any atom is 0.226 e. The number of hydrogen-bond acceptors (Lipinski definition) is 5. The molecule has 0 aromatic carbocycles. The second-order valence-corrected chi connectivity index (χ2v) is 5.62. The van der Waals surface area contributed by atoms with Gasteiger partial charge in [0, 0.05) is 13.1 Å². The van der Waals surface area contributed by atoms with E-state index in [2.05, 4.69) is 51.3 Å². The molecule has 2 aromatic rings. The average Bonchev–Trinajstić information content (AvgIpc) is 2.86. The first-order chi connectivity index (χ1) is 9.60. The van der Waals surface area contributed by atoms with E-state index in [1.807, 2.05) is 7.05 Å². The lowest BCUT2D eigenvalue weighted by Gasteiger charge is -2.16. The molecule has 0 saturated heterocycles. The van der Waals surface area contributed by atoms with Crippen LogP contribution in [0.3, 0.4) is 0 Å². The molecule has 110 valence electrons. The Morgan fingerprint density at radius 3 is 2.70 bits per heavy atom. The maximum absolute atomic E-state index is 4.47. The van der Waals surface area contributed by atoms with Gasteiger partial charge < -0.3 is 15.6 Å². The van der Waals surface area contributed by atoms with Crippen LogP contribution in [0, 0.1) is 5.92 Å². The lowest BCUT2D eigenvalue weighted by Crippen LogP contribution is -2.17. The van der Waals surface area contributed by atoms with Gasteiger partial charge in [-0.1, -0.05) is 26.7 Å². The molecular weight excluding hydrogens is 252 g/mol. The Morgan fingerprint density at radius 1 is 1.20 bits per heavy atom. The van der Waals surface area contributed by atoms with Gasteiger partial charge in [-0.05, 0) is 19.3 Å². The summed E-state index contributed by atoms with van der Waals surface area (Å²) >= 11 is 0. The van der Waals surface area contributed by atoms with Crippen molar-refractivity contribution in [3.63, 3.8) is 0 Å². The minimum atomic E-state index is 0.375. The zero-order valence-corrected chi connectivity index (χ0v) is 12.7. The quantitative estimate of drug-likeness (QED) is 0.724. The summed E-state index contributed by atoms with van der Waals surface area (Å²) in [6, 6.07) is 0.375. The van der Waals surface area contributed by atoms with Crippen LogP contribution in [0.5, 0.6) is 0 Å². The van der Waals surface area contributed by atoms with Gasteiger partial charge in [0.15, 0.2) is 11.5 Å². The summed E-state index contributed by atoms with van der Waals surface area (Å²) in [6.45, 7) is 6.70. The van der Waals surface area contributed by atoms with Crippen LogP contribution in [0.25, 0.3) is 11.2 Å². The van der Waals surface area contributed by atoms with Crippen molar-refractivity contribution in [1.29, 1.82) is 0 Å². The number of hydrogen-bond donors (Lipinski definition) is 3. The molecular formula is C14H24N6. The monoisotopic (exact) mass is 276 g/mol. The molecule has 6 heteroatoms. The number of fused-ring (bicyclic) bond motifs is 1. The van der Waals surface area contributed by atoms with E-state index in [9.17, 15) is 0 Å². The van der Waals surface area contributed by atoms with Gasteiger partial charge >= 0.3 is 0 Å². The van der Waals surface area contributed by atoms with Crippen LogP contribution in [-0.4, -0.2) is 33.0 Å². The topological polar surface area (TPSA) is 78.5 Å². The number of nitrogens with zero attached hydrogens (tertiary/aromatic N) is 3. The maximum atomic E-state index is 4.47. The fourth-order valence-electron chi connectivity index (χ4n) is 2.19. The molecule has 6 nitrogen and oxygen atoms in total. The van der Waals surface area contributed by atoms with Crippen molar-refractivity contribution in [3.05, 3.63) is 6.33 Å². The van der Waals surface area contributed by atoms with E-state index in [1.165, 1.54) is 12.8 Å². The highest BCUT2D eigenvalue weighted by Crippen LogP contribution is 2.20. The Bertz CT molecular complexity index is 548. The SMILES string of the molecule is CNc1nc(NC(C)CCCC(C)C)c2[nH]cnc2n1. The molecule has 3 N–H and O–H groups in total. The zero-order chi connectivity index (χ0) is 14.5. The number of H-pyrrole nitrogens is 1. The molecule has 2 rings (SSSR count). The third-order valence-corrected chi connectivity index (χ3v) is 3.31. The highest BCUT2D eigenvalue weighted by atomic mass is 15.2. The lowest BCUT2D eigenvalue weighted by molar-refractivity contribution is 0.520. The van der Waals surface area contributed by atoms with E-state index in [-0.39, 0.29) is 0 Å². The summed E-state index contributed by atoms with van der Waals surface area (Å²) in [5.74, 6) is 2.16. The summed E-state index contributed by atoms with van der Waals surface area (Å²) in [5.41, 5.74) is 1.54. The summed E-state index contributed by atoms with van der Waals surface area (Å²) in [7, 11) is 1.81. The van der Waals surface area contributed by atoms with Crippen LogP contribution in [-0.2, 0) is 0 Å². The van der Waals surface area contributed by atoms with Crippen molar-refractivity contribution in [2.45, 2.75) is 46.1 Å². The molecule has 1 atom stereocenters. The lowest BCUT2D eigenvalue weighted by atomic mass is 10.0. The molecule has 0 fully saturated rings. The van der Waals surface area contributed by atoms with Gasteiger partial charge in [-0.2, -0.15) is 9.97 Å². The van der Waals surface area contributed by atoms with Crippen molar-refractivity contribution in [2.24, 2.45) is 5.92 Å². The molecule has 0 aliphatic rings. The van der Waals surface area contributed by atoms with Gasteiger partial charge in [-0.3, -0.25) is 0 Å². The molecule has 0 saturated carbocycles. The van der Waals surface area contributed by atoms with Crippen LogP contribution in [0.1, 0.15) is 40.0 Å². The highest BCUT2D eigenvalue weighted by Gasteiger charge is 2.11. The van der Waals surface area contributed by atoms with Crippen molar-refractivity contribution >= 4 is 22.9 Å². The molecule has 0 radical (unpaired) electrons. The average molecular weight is 276 g/mol. The minimum Gasteiger partial charge on any atom is -0.366 e. The van der Waals surface area contributed by atoms with Crippen molar-refractivity contribution in [3.8, 4) is 0 Å². The molecule has 1 unspecified atom stereocenters. The number of nitrogens with one attached hydrogen (secondary N) is 3. The molecule has 20 heavy (non-hydrogen) atoms. The number of anilines is 2. The standard InChI is InChI=1S/C14H24N6/c1-9(2)6-5-7-10(3)18-13-11-12(17-8-16-11)19-14(15-4)20-13/h8-10H,5-7H2,1-4H3,(H3,15,16,17,18,19,20). The van der Waals surface area contributed by atoms with Crippen LogP contribution in [0.4, 0.5) is 11.8 Å². The molecule has 0 spiro atoms. The second kappa shape index (κ2) is 6.54. The van der Waals surface area contributed by atoms with Gasteiger partial charge in [0.25, 0.3) is 0 Å². The van der Waals surface area contributed by atoms with E-state index < -0.39 is 0 Å². The van der Waals surface area contributed by atoms with E-state index in [1.54, 1.807) is 6.33 Å². The third-order valence-electron chi connectivity index (χ3n) is 3.31. The number of aromatic nitrogens is 4. The number of aromatic amines is 1.